The Morgan fingerprint density at radius 3 is 2.35 bits per heavy atom. The van der Waals surface area contributed by atoms with Crippen LogP contribution in [0.15, 0.2) is 52.6 Å². The first-order chi connectivity index (χ1) is 9.48. The number of thiophene rings is 1. The van der Waals surface area contributed by atoms with E-state index in [4.69, 9.17) is 0 Å². The van der Waals surface area contributed by atoms with Gasteiger partial charge in [-0.15, -0.1) is 17.9 Å². The van der Waals surface area contributed by atoms with E-state index in [2.05, 4.69) is 6.58 Å². The summed E-state index contributed by atoms with van der Waals surface area (Å²) in [6.07, 6.45) is 1.61. The third kappa shape index (κ3) is 2.64. The molecule has 1 heterocycles. The number of sulfonamides is 1. The number of para-hydroxylation sites is 1. The SMILES string of the molecule is C=CCN(c1c(C)cccc1C)S(=O)(=O)c1cccs1. The molecule has 0 aliphatic rings. The Morgan fingerprint density at radius 2 is 1.85 bits per heavy atom. The molecule has 106 valence electrons. The summed E-state index contributed by atoms with van der Waals surface area (Å²) in [5.74, 6) is 0. The fourth-order valence-corrected chi connectivity index (χ4v) is 4.81. The normalized spacial score (nSPS) is 11.3. The van der Waals surface area contributed by atoms with Gasteiger partial charge in [0, 0.05) is 0 Å². The average molecular weight is 307 g/mol. The van der Waals surface area contributed by atoms with Gasteiger partial charge < -0.3 is 0 Å². The van der Waals surface area contributed by atoms with Crippen molar-refractivity contribution in [2.75, 3.05) is 10.8 Å². The molecule has 0 unspecified atom stereocenters. The van der Waals surface area contributed by atoms with Crippen LogP contribution in [0, 0.1) is 13.8 Å². The molecule has 0 fully saturated rings. The molecule has 1 aromatic heterocycles. The summed E-state index contributed by atoms with van der Waals surface area (Å²) in [5, 5.41) is 1.77. The second-order valence-electron chi connectivity index (χ2n) is 4.50. The van der Waals surface area contributed by atoms with Gasteiger partial charge in [0.05, 0.1) is 12.2 Å². The number of anilines is 1. The van der Waals surface area contributed by atoms with Crippen molar-refractivity contribution in [3.05, 3.63) is 59.5 Å². The maximum Gasteiger partial charge on any atom is 0.274 e. The Kier molecular flexibility index (Phi) is 4.30. The van der Waals surface area contributed by atoms with Gasteiger partial charge in [0.1, 0.15) is 4.21 Å². The molecule has 1 aromatic carbocycles. The van der Waals surface area contributed by atoms with Crippen LogP contribution in [0.3, 0.4) is 0 Å². The molecule has 0 saturated heterocycles. The zero-order valence-electron chi connectivity index (χ0n) is 11.5. The molecule has 5 heteroatoms. The van der Waals surface area contributed by atoms with E-state index in [1.165, 1.54) is 15.6 Å². The quantitative estimate of drug-likeness (QED) is 0.789. The predicted octanol–water partition coefficient (Wildman–Crippen LogP) is 3.75. The standard InChI is InChI=1S/C15H17NO2S2/c1-4-10-16(15-12(2)7-5-8-13(15)3)20(17,18)14-9-6-11-19-14/h4-9,11H,1,10H2,2-3H3. The number of aryl methyl sites for hydroxylation is 2. The highest BCUT2D eigenvalue weighted by Crippen LogP contribution is 2.31. The van der Waals surface area contributed by atoms with Crippen LogP contribution in [0.4, 0.5) is 5.69 Å². The minimum Gasteiger partial charge on any atom is -0.261 e. The molecule has 20 heavy (non-hydrogen) atoms. The van der Waals surface area contributed by atoms with E-state index in [1.54, 1.807) is 23.6 Å². The molecule has 3 nitrogen and oxygen atoms in total. The average Bonchev–Trinajstić information content (AvgIpc) is 2.92. The van der Waals surface area contributed by atoms with Crippen LogP contribution >= 0.6 is 11.3 Å². The van der Waals surface area contributed by atoms with Gasteiger partial charge in [0.2, 0.25) is 0 Å². The van der Waals surface area contributed by atoms with Crippen LogP contribution in [-0.2, 0) is 10.0 Å². The van der Waals surface area contributed by atoms with Crippen molar-refractivity contribution >= 4 is 27.0 Å². The first-order valence-corrected chi connectivity index (χ1v) is 8.54. The monoisotopic (exact) mass is 307 g/mol. The first-order valence-electron chi connectivity index (χ1n) is 6.22. The predicted molar refractivity (Wildman–Crippen MR) is 85.0 cm³/mol. The minimum atomic E-state index is -3.54. The molecule has 0 spiro atoms. The van der Waals surface area contributed by atoms with Gasteiger partial charge in [-0.1, -0.05) is 30.3 Å². The molecular weight excluding hydrogens is 290 g/mol. The zero-order chi connectivity index (χ0) is 14.8. The van der Waals surface area contributed by atoms with Crippen molar-refractivity contribution in [1.29, 1.82) is 0 Å². The molecule has 0 amide bonds. The van der Waals surface area contributed by atoms with Gasteiger partial charge in [-0.2, -0.15) is 0 Å². The minimum absolute atomic E-state index is 0.256. The van der Waals surface area contributed by atoms with Crippen LogP contribution < -0.4 is 4.31 Å². The summed E-state index contributed by atoms with van der Waals surface area (Å²) >= 11 is 1.23. The zero-order valence-corrected chi connectivity index (χ0v) is 13.2. The fourth-order valence-electron chi connectivity index (χ4n) is 2.14. The number of hydrogen-bond donors (Lipinski definition) is 0. The van der Waals surface area contributed by atoms with E-state index in [0.717, 1.165) is 16.8 Å². The Balaban J connectivity index is 2.61. The molecule has 0 atom stereocenters. The van der Waals surface area contributed by atoms with E-state index in [1.807, 2.05) is 32.0 Å². The highest BCUT2D eigenvalue weighted by atomic mass is 32.2. The lowest BCUT2D eigenvalue weighted by Gasteiger charge is -2.25. The molecule has 2 rings (SSSR count). The third-order valence-electron chi connectivity index (χ3n) is 3.02. The van der Waals surface area contributed by atoms with Crippen LogP contribution in [0.5, 0.6) is 0 Å². The Morgan fingerprint density at radius 1 is 1.20 bits per heavy atom. The van der Waals surface area contributed by atoms with Crippen LogP contribution in [0.1, 0.15) is 11.1 Å². The van der Waals surface area contributed by atoms with Crippen LogP contribution in [0.2, 0.25) is 0 Å². The van der Waals surface area contributed by atoms with Gasteiger partial charge in [-0.25, -0.2) is 8.42 Å². The molecule has 0 saturated carbocycles. The molecule has 0 N–H and O–H groups in total. The van der Waals surface area contributed by atoms with E-state index in [0.29, 0.717) is 4.21 Å². The third-order valence-corrected chi connectivity index (χ3v) is 6.16. The van der Waals surface area contributed by atoms with Gasteiger partial charge in [-0.05, 0) is 36.4 Å². The maximum atomic E-state index is 12.8. The Bertz CT molecular complexity index is 683. The maximum absolute atomic E-state index is 12.8. The summed E-state index contributed by atoms with van der Waals surface area (Å²) in [6.45, 7) is 7.77. The largest absolute Gasteiger partial charge is 0.274 e. The highest BCUT2D eigenvalue weighted by molar-refractivity contribution is 7.94. The topological polar surface area (TPSA) is 37.4 Å². The van der Waals surface area contributed by atoms with E-state index < -0.39 is 10.0 Å². The summed E-state index contributed by atoms with van der Waals surface area (Å²) in [5.41, 5.74) is 2.61. The van der Waals surface area contributed by atoms with Crippen molar-refractivity contribution in [3.63, 3.8) is 0 Å². The van der Waals surface area contributed by atoms with Gasteiger partial charge in [0.25, 0.3) is 10.0 Å². The summed E-state index contributed by atoms with van der Waals surface area (Å²) in [4.78, 5) is 0. The van der Waals surface area contributed by atoms with Crippen molar-refractivity contribution < 1.29 is 8.42 Å². The van der Waals surface area contributed by atoms with Gasteiger partial charge >= 0.3 is 0 Å². The summed E-state index contributed by atoms with van der Waals surface area (Å²) in [7, 11) is -3.54. The Labute approximate surface area is 124 Å². The fraction of sp³-hybridized carbons (Fsp3) is 0.200. The van der Waals surface area contributed by atoms with Crippen molar-refractivity contribution in [1.82, 2.24) is 0 Å². The van der Waals surface area contributed by atoms with E-state index in [-0.39, 0.29) is 6.54 Å². The Hall–Kier alpha value is -1.59. The van der Waals surface area contributed by atoms with Crippen LogP contribution in [0.25, 0.3) is 0 Å². The van der Waals surface area contributed by atoms with Crippen LogP contribution in [-0.4, -0.2) is 15.0 Å². The summed E-state index contributed by atoms with van der Waals surface area (Å²) < 4.78 is 27.3. The smallest absolute Gasteiger partial charge is 0.261 e. The van der Waals surface area contributed by atoms with E-state index >= 15 is 0 Å². The molecule has 2 aromatic rings. The lowest BCUT2D eigenvalue weighted by atomic mass is 10.1. The number of rotatable bonds is 5. The van der Waals surface area contributed by atoms with Crippen molar-refractivity contribution in [2.45, 2.75) is 18.1 Å². The summed E-state index contributed by atoms with van der Waals surface area (Å²) in [6, 6.07) is 9.14. The van der Waals surface area contributed by atoms with Crippen molar-refractivity contribution in [2.24, 2.45) is 0 Å². The lowest BCUT2D eigenvalue weighted by molar-refractivity contribution is 0.594. The second kappa shape index (κ2) is 5.81. The van der Waals surface area contributed by atoms with E-state index in [9.17, 15) is 8.42 Å². The number of hydrogen-bond acceptors (Lipinski definition) is 3. The number of nitrogens with zero attached hydrogens (tertiary/aromatic N) is 1. The molecule has 0 aliphatic carbocycles. The lowest BCUT2D eigenvalue weighted by Crippen LogP contribution is -2.31. The molecule has 0 aliphatic heterocycles. The second-order valence-corrected chi connectivity index (χ2v) is 7.53. The van der Waals surface area contributed by atoms with Crippen molar-refractivity contribution in [3.8, 4) is 0 Å². The molecule has 0 radical (unpaired) electrons. The molecule has 0 bridgehead atoms. The molecular formula is C15H17NO2S2. The van der Waals surface area contributed by atoms with Gasteiger partial charge in [0.15, 0.2) is 0 Å². The van der Waals surface area contributed by atoms with Gasteiger partial charge in [-0.3, -0.25) is 4.31 Å². The number of benzene rings is 1. The highest BCUT2D eigenvalue weighted by Gasteiger charge is 2.26. The first kappa shape index (κ1) is 14.8.